The highest BCUT2D eigenvalue weighted by molar-refractivity contribution is 5.75. The van der Waals surface area contributed by atoms with Crippen molar-refractivity contribution in [2.24, 2.45) is 5.73 Å². The standard InChI is InChI=1S/C7H14N2O2/c1-6-5-11-3-2-9(6)4-7(8)10/h6H,2-5H2,1H3,(H2,8,10)/t6-/m1/s1. The van der Waals surface area contributed by atoms with Crippen LogP contribution in [0.2, 0.25) is 0 Å². The van der Waals surface area contributed by atoms with Crippen LogP contribution >= 0.6 is 0 Å². The summed E-state index contributed by atoms with van der Waals surface area (Å²) in [5, 5.41) is 0. The van der Waals surface area contributed by atoms with E-state index < -0.39 is 0 Å². The quantitative estimate of drug-likeness (QED) is 0.572. The second-order valence-electron chi connectivity index (χ2n) is 2.86. The van der Waals surface area contributed by atoms with Crippen molar-refractivity contribution in [1.82, 2.24) is 4.90 Å². The number of hydrogen-bond donors (Lipinski definition) is 1. The van der Waals surface area contributed by atoms with Gasteiger partial charge in [0, 0.05) is 12.6 Å². The van der Waals surface area contributed by atoms with E-state index in [0.29, 0.717) is 25.8 Å². The number of nitrogens with zero attached hydrogens (tertiary/aromatic N) is 1. The third-order valence-corrected chi connectivity index (χ3v) is 1.86. The highest BCUT2D eigenvalue weighted by atomic mass is 16.5. The molecule has 4 heteroatoms. The van der Waals surface area contributed by atoms with E-state index >= 15 is 0 Å². The fourth-order valence-corrected chi connectivity index (χ4v) is 1.20. The lowest BCUT2D eigenvalue weighted by Gasteiger charge is -2.31. The van der Waals surface area contributed by atoms with E-state index in [0.717, 1.165) is 6.54 Å². The van der Waals surface area contributed by atoms with Crippen LogP contribution < -0.4 is 5.73 Å². The lowest BCUT2D eigenvalue weighted by molar-refractivity contribution is -0.121. The fourth-order valence-electron chi connectivity index (χ4n) is 1.20. The molecule has 0 aliphatic carbocycles. The van der Waals surface area contributed by atoms with Gasteiger partial charge in [0.05, 0.1) is 19.8 Å². The molecule has 2 N–H and O–H groups in total. The molecule has 0 spiro atoms. The van der Waals surface area contributed by atoms with E-state index in [-0.39, 0.29) is 5.91 Å². The molecule has 1 rings (SSSR count). The molecule has 4 nitrogen and oxygen atoms in total. The minimum absolute atomic E-state index is 0.265. The van der Waals surface area contributed by atoms with Crippen LogP contribution in [0.5, 0.6) is 0 Å². The number of ether oxygens (including phenoxy) is 1. The predicted octanol–water partition coefficient (Wildman–Crippen LogP) is -0.808. The Morgan fingerprint density at radius 2 is 2.55 bits per heavy atom. The smallest absolute Gasteiger partial charge is 0.231 e. The van der Waals surface area contributed by atoms with Crippen molar-refractivity contribution in [3.05, 3.63) is 0 Å². The predicted molar refractivity (Wildman–Crippen MR) is 41.0 cm³/mol. The summed E-state index contributed by atoms with van der Waals surface area (Å²) >= 11 is 0. The van der Waals surface area contributed by atoms with Crippen molar-refractivity contribution in [3.63, 3.8) is 0 Å². The average molecular weight is 158 g/mol. The number of morpholine rings is 1. The molecule has 1 atom stereocenters. The molecule has 0 saturated carbocycles. The van der Waals surface area contributed by atoms with E-state index in [1.54, 1.807) is 0 Å². The van der Waals surface area contributed by atoms with Crippen LogP contribution in [0, 0.1) is 0 Å². The summed E-state index contributed by atoms with van der Waals surface area (Å²) in [6.45, 7) is 4.60. The van der Waals surface area contributed by atoms with Gasteiger partial charge in [0.15, 0.2) is 0 Å². The third-order valence-electron chi connectivity index (χ3n) is 1.86. The van der Waals surface area contributed by atoms with Gasteiger partial charge < -0.3 is 10.5 Å². The molecule has 1 fully saturated rings. The van der Waals surface area contributed by atoms with E-state index in [1.807, 2.05) is 11.8 Å². The molecule has 1 saturated heterocycles. The Kier molecular flexibility index (Phi) is 2.84. The first-order chi connectivity index (χ1) is 5.20. The van der Waals surface area contributed by atoms with Crippen LogP contribution in [0.1, 0.15) is 6.92 Å². The van der Waals surface area contributed by atoms with Crippen molar-refractivity contribution in [2.75, 3.05) is 26.3 Å². The van der Waals surface area contributed by atoms with Gasteiger partial charge in [0.25, 0.3) is 0 Å². The molecule has 1 aliphatic heterocycles. The minimum Gasteiger partial charge on any atom is -0.379 e. The van der Waals surface area contributed by atoms with Gasteiger partial charge in [-0.3, -0.25) is 9.69 Å². The summed E-state index contributed by atoms with van der Waals surface area (Å²) in [4.78, 5) is 12.6. The van der Waals surface area contributed by atoms with Gasteiger partial charge in [-0.25, -0.2) is 0 Å². The molecule has 0 aromatic carbocycles. The van der Waals surface area contributed by atoms with Gasteiger partial charge in [0.2, 0.25) is 5.91 Å². The first-order valence-electron chi connectivity index (χ1n) is 3.80. The molecule has 0 bridgehead atoms. The molecule has 64 valence electrons. The first kappa shape index (κ1) is 8.49. The summed E-state index contributed by atoms with van der Waals surface area (Å²) in [5.74, 6) is -0.265. The molecule has 0 radical (unpaired) electrons. The highest BCUT2D eigenvalue weighted by Gasteiger charge is 2.19. The molecule has 0 aromatic rings. The lowest BCUT2D eigenvalue weighted by Crippen LogP contribution is -2.47. The SMILES string of the molecule is C[C@@H]1COCCN1CC(N)=O. The Morgan fingerprint density at radius 1 is 1.82 bits per heavy atom. The topological polar surface area (TPSA) is 55.6 Å². The van der Waals surface area contributed by atoms with E-state index in [1.165, 1.54) is 0 Å². The van der Waals surface area contributed by atoms with Gasteiger partial charge in [-0.05, 0) is 6.92 Å². The number of carbonyl (C=O) groups excluding carboxylic acids is 1. The zero-order chi connectivity index (χ0) is 8.27. The molecular formula is C7H14N2O2. The Morgan fingerprint density at radius 3 is 3.09 bits per heavy atom. The van der Waals surface area contributed by atoms with Crippen molar-refractivity contribution in [3.8, 4) is 0 Å². The Labute approximate surface area is 66.3 Å². The van der Waals surface area contributed by atoms with Gasteiger partial charge in [0.1, 0.15) is 0 Å². The van der Waals surface area contributed by atoms with E-state index in [4.69, 9.17) is 10.5 Å². The zero-order valence-electron chi connectivity index (χ0n) is 6.75. The van der Waals surface area contributed by atoms with Crippen LogP contribution in [0.3, 0.4) is 0 Å². The summed E-state index contributed by atoms with van der Waals surface area (Å²) in [7, 11) is 0. The Bertz CT molecular complexity index is 149. The summed E-state index contributed by atoms with van der Waals surface area (Å²) < 4.78 is 5.20. The molecule has 0 unspecified atom stereocenters. The van der Waals surface area contributed by atoms with E-state index in [9.17, 15) is 4.79 Å². The maximum atomic E-state index is 10.6. The summed E-state index contributed by atoms with van der Waals surface area (Å²) in [6, 6.07) is 0.316. The molecule has 0 aromatic heterocycles. The second-order valence-corrected chi connectivity index (χ2v) is 2.86. The average Bonchev–Trinajstić information content (AvgIpc) is 1.93. The van der Waals surface area contributed by atoms with Crippen molar-refractivity contribution in [1.29, 1.82) is 0 Å². The molecule has 1 heterocycles. The first-order valence-corrected chi connectivity index (χ1v) is 3.80. The fraction of sp³-hybridized carbons (Fsp3) is 0.857. The van der Waals surface area contributed by atoms with E-state index in [2.05, 4.69) is 0 Å². The van der Waals surface area contributed by atoms with Crippen LogP contribution in [0.15, 0.2) is 0 Å². The van der Waals surface area contributed by atoms with Crippen molar-refractivity contribution >= 4 is 5.91 Å². The largest absolute Gasteiger partial charge is 0.379 e. The van der Waals surface area contributed by atoms with Crippen LogP contribution in [-0.2, 0) is 9.53 Å². The molecule has 11 heavy (non-hydrogen) atoms. The second kappa shape index (κ2) is 3.69. The van der Waals surface area contributed by atoms with Gasteiger partial charge in [-0.2, -0.15) is 0 Å². The molecule has 1 amide bonds. The van der Waals surface area contributed by atoms with Crippen molar-refractivity contribution < 1.29 is 9.53 Å². The number of hydrogen-bond acceptors (Lipinski definition) is 3. The minimum atomic E-state index is -0.265. The number of amides is 1. The highest BCUT2D eigenvalue weighted by Crippen LogP contribution is 2.04. The number of rotatable bonds is 2. The van der Waals surface area contributed by atoms with Crippen molar-refractivity contribution in [2.45, 2.75) is 13.0 Å². The number of carbonyl (C=O) groups is 1. The van der Waals surface area contributed by atoms with Crippen LogP contribution in [0.4, 0.5) is 0 Å². The normalized spacial score (nSPS) is 26.8. The van der Waals surface area contributed by atoms with Crippen LogP contribution in [-0.4, -0.2) is 43.2 Å². The van der Waals surface area contributed by atoms with Gasteiger partial charge >= 0.3 is 0 Å². The molecule has 1 aliphatic rings. The Balaban J connectivity index is 2.35. The monoisotopic (exact) mass is 158 g/mol. The summed E-state index contributed by atoms with van der Waals surface area (Å²) in [6.07, 6.45) is 0. The number of primary amides is 1. The molecular weight excluding hydrogens is 144 g/mol. The number of nitrogens with two attached hydrogens (primary N) is 1. The summed E-state index contributed by atoms with van der Waals surface area (Å²) in [5.41, 5.74) is 5.06. The zero-order valence-corrected chi connectivity index (χ0v) is 6.75. The lowest BCUT2D eigenvalue weighted by atomic mass is 10.2. The van der Waals surface area contributed by atoms with Gasteiger partial charge in [-0.1, -0.05) is 0 Å². The van der Waals surface area contributed by atoms with Crippen LogP contribution in [0.25, 0.3) is 0 Å². The van der Waals surface area contributed by atoms with Gasteiger partial charge in [-0.15, -0.1) is 0 Å². The maximum Gasteiger partial charge on any atom is 0.231 e. The maximum absolute atomic E-state index is 10.6. The Hall–Kier alpha value is -0.610. The third kappa shape index (κ3) is 2.48.